The van der Waals surface area contributed by atoms with Gasteiger partial charge in [0.1, 0.15) is 12.6 Å². The van der Waals surface area contributed by atoms with Gasteiger partial charge < -0.3 is 19.7 Å². The van der Waals surface area contributed by atoms with E-state index in [1.165, 1.54) is 32.2 Å². The zero-order valence-corrected chi connectivity index (χ0v) is 23.7. The van der Waals surface area contributed by atoms with E-state index >= 15 is 0 Å². The van der Waals surface area contributed by atoms with Crippen molar-refractivity contribution in [2.75, 3.05) is 38.4 Å². The van der Waals surface area contributed by atoms with Gasteiger partial charge in [-0.2, -0.15) is 0 Å². The molecule has 39 heavy (non-hydrogen) atoms. The van der Waals surface area contributed by atoms with Gasteiger partial charge in [0, 0.05) is 26.1 Å². The molecule has 10 heteroatoms. The topological polar surface area (TPSA) is 105 Å². The maximum atomic E-state index is 14.0. The van der Waals surface area contributed by atoms with Crippen LogP contribution in [0.1, 0.15) is 16.7 Å². The maximum Gasteiger partial charge on any atom is 0.244 e. The van der Waals surface area contributed by atoms with Crippen molar-refractivity contribution in [3.05, 3.63) is 89.5 Å². The molecule has 0 aliphatic heterocycles. The Hall–Kier alpha value is -4.05. The third-order valence-electron chi connectivity index (χ3n) is 6.33. The van der Waals surface area contributed by atoms with Gasteiger partial charge in [-0.05, 0) is 30.2 Å². The molecule has 0 spiro atoms. The number of nitrogens with zero attached hydrogens (tertiary/aromatic N) is 2. The maximum absolute atomic E-state index is 14.0. The molecule has 0 aromatic heterocycles. The summed E-state index contributed by atoms with van der Waals surface area (Å²) in [4.78, 5) is 28.5. The molecule has 0 heterocycles. The van der Waals surface area contributed by atoms with Crippen molar-refractivity contribution in [3.8, 4) is 11.5 Å². The second-order valence-corrected chi connectivity index (χ2v) is 11.0. The number of carbonyl (C=O) groups excluding carboxylic acids is 2. The van der Waals surface area contributed by atoms with Crippen LogP contribution in [0, 0.1) is 6.92 Å². The fourth-order valence-corrected chi connectivity index (χ4v) is 5.05. The number of aryl methyl sites for hydroxylation is 1. The van der Waals surface area contributed by atoms with Crippen LogP contribution in [-0.4, -0.2) is 65.2 Å². The molecule has 0 saturated carbocycles. The summed E-state index contributed by atoms with van der Waals surface area (Å²) in [6.07, 6.45) is 1.29. The number of likely N-dealkylation sites (N-methyl/N-ethyl adjacent to an activating group) is 1. The molecule has 3 aromatic carbocycles. The molecular weight excluding hydrogens is 518 g/mol. The second-order valence-electron chi connectivity index (χ2n) is 9.14. The molecule has 1 unspecified atom stereocenters. The van der Waals surface area contributed by atoms with Crippen LogP contribution in [0.15, 0.2) is 72.8 Å². The lowest BCUT2D eigenvalue weighted by Gasteiger charge is -2.33. The minimum absolute atomic E-state index is 0.119. The number of hydrogen-bond acceptors (Lipinski definition) is 6. The summed E-state index contributed by atoms with van der Waals surface area (Å²) in [6.45, 7) is 1.57. The van der Waals surface area contributed by atoms with Crippen LogP contribution in [0.3, 0.4) is 0 Å². The van der Waals surface area contributed by atoms with Gasteiger partial charge in [0.25, 0.3) is 0 Å². The lowest BCUT2D eigenvalue weighted by molar-refractivity contribution is -0.139. The van der Waals surface area contributed by atoms with Crippen LogP contribution in [0.2, 0.25) is 0 Å². The SMILES string of the molecule is CNC(=O)C(Cc1ccccc1)N(Cc1ccc(C)cc1)C(=O)CN(c1ccc(OC)c(OC)c1)S(C)(=O)=O. The number of nitrogens with one attached hydrogen (secondary N) is 1. The van der Waals surface area contributed by atoms with Crippen LogP contribution in [0.5, 0.6) is 11.5 Å². The number of benzene rings is 3. The monoisotopic (exact) mass is 553 g/mol. The Morgan fingerprint density at radius 3 is 2.10 bits per heavy atom. The highest BCUT2D eigenvalue weighted by Crippen LogP contribution is 2.32. The summed E-state index contributed by atoms with van der Waals surface area (Å²) in [5.74, 6) is -0.138. The minimum Gasteiger partial charge on any atom is -0.493 e. The smallest absolute Gasteiger partial charge is 0.244 e. The quantitative estimate of drug-likeness (QED) is 0.370. The number of anilines is 1. The standard InChI is InChI=1S/C29H35N3O6S/c1-21-11-13-23(14-12-21)19-31(25(29(34)30-2)17-22-9-7-6-8-10-22)28(33)20-32(39(5,35)36)24-15-16-26(37-3)27(18-24)38-4/h6-16,18,25H,17,19-20H2,1-5H3,(H,30,34). The normalized spacial score (nSPS) is 11.8. The molecule has 1 N–H and O–H groups in total. The van der Waals surface area contributed by atoms with Crippen molar-refractivity contribution in [1.29, 1.82) is 0 Å². The molecule has 3 aromatic rings. The zero-order valence-electron chi connectivity index (χ0n) is 22.9. The Labute approximate surface area is 230 Å². The van der Waals surface area contributed by atoms with Gasteiger partial charge in [0.05, 0.1) is 26.2 Å². The number of hydrogen-bond donors (Lipinski definition) is 1. The molecule has 0 fully saturated rings. The molecule has 0 aliphatic rings. The van der Waals surface area contributed by atoms with Crippen molar-refractivity contribution in [2.24, 2.45) is 0 Å². The Bertz CT molecular complexity index is 1380. The van der Waals surface area contributed by atoms with Gasteiger partial charge in [0.15, 0.2) is 11.5 Å². The summed E-state index contributed by atoms with van der Waals surface area (Å²) >= 11 is 0. The van der Waals surface area contributed by atoms with Gasteiger partial charge in [0.2, 0.25) is 21.8 Å². The summed E-state index contributed by atoms with van der Waals surface area (Å²) in [7, 11) is 0.543. The summed E-state index contributed by atoms with van der Waals surface area (Å²) in [6, 6.07) is 20.8. The summed E-state index contributed by atoms with van der Waals surface area (Å²) in [5, 5.41) is 2.66. The Kier molecular flexibility index (Phi) is 9.95. The van der Waals surface area contributed by atoms with E-state index in [9.17, 15) is 18.0 Å². The van der Waals surface area contributed by atoms with Gasteiger partial charge >= 0.3 is 0 Å². The number of sulfonamides is 1. The number of methoxy groups -OCH3 is 2. The number of amides is 2. The minimum atomic E-state index is -3.89. The summed E-state index contributed by atoms with van der Waals surface area (Å²) < 4.78 is 37.4. The molecule has 0 bridgehead atoms. The highest BCUT2D eigenvalue weighted by Gasteiger charge is 2.32. The highest BCUT2D eigenvalue weighted by atomic mass is 32.2. The number of ether oxygens (including phenoxy) is 2. The predicted octanol–water partition coefficient (Wildman–Crippen LogP) is 3.16. The third-order valence-corrected chi connectivity index (χ3v) is 7.47. The fourth-order valence-electron chi connectivity index (χ4n) is 4.20. The van der Waals surface area contributed by atoms with E-state index in [2.05, 4.69) is 5.32 Å². The molecule has 0 aliphatic carbocycles. The molecule has 208 valence electrons. The van der Waals surface area contributed by atoms with Crippen molar-refractivity contribution < 1.29 is 27.5 Å². The van der Waals surface area contributed by atoms with Crippen LogP contribution < -0.4 is 19.1 Å². The fraction of sp³-hybridized carbons (Fsp3) is 0.310. The number of rotatable bonds is 12. The Balaban J connectivity index is 2.04. The largest absolute Gasteiger partial charge is 0.493 e. The molecule has 0 saturated heterocycles. The molecule has 3 rings (SSSR count). The van der Waals surface area contributed by atoms with Crippen molar-refractivity contribution in [1.82, 2.24) is 10.2 Å². The first-order valence-electron chi connectivity index (χ1n) is 12.4. The van der Waals surface area contributed by atoms with E-state index in [0.717, 1.165) is 27.3 Å². The molecular formula is C29H35N3O6S. The van der Waals surface area contributed by atoms with Crippen molar-refractivity contribution in [3.63, 3.8) is 0 Å². The van der Waals surface area contributed by atoms with Gasteiger partial charge in [-0.25, -0.2) is 8.42 Å². The first-order valence-corrected chi connectivity index (χ1v) is 14.2. The van der Waals surface area contributed by atoms with Crippen LogP contribution >= 0.6 is 0 Å². The van der Waals surface area contributed by atoms with Gasteiger partial charge in [-0.3, -0.25) is 13.9 Å². The average Bonchev–Trinajstić information content (AvgIpc) is 2.93. The second kappa shape index (κ2) is 13.1. The van der Waals surface area contributed by atoms with Gasteiger partial charge in [-0.1, -0.05) is 60.2 Å². The first kappa shape index (κ1) is 29.5. The van der Waals surface area contributed by atoms with Crippen LogP contribution in [0.25, 0.3) is 0 Å². The van der Waals surface area contributed by atoms with Crippen molar-refractivity contribution in [2.45, 2.75) is 25.9 Å². The van der Waals surface area contributed by atoms with E-state index in [4.69, 9.17) is 9.47 Å². The molecule has 1 atom stereocenters. The lowest BCUT2D eigenvalue weighted by Crippen LogP contribution is -2.52. The zero-order chi connectivity index (χ0) is 28.6. The van der Waals surface area contributed by atoms with E-state index in [-0.39, 0.29) is 24.6 Å². The lowest BCUT2D eigenvalue weighted by atomic mass is 10.0. The van der Waals surface area contributed by atoms with E-state index in [0.29, 0.717) is 11.5 Å². The first-order chi connectivity index (χ1) is 18.6. The van der Waals surface area contributed by atoms with Gasteiger partial charge in [-0.15, -0.1) is 0 Å². The van der Waals surface area contributed by atoms with E-state index in [1.807, 2.05) is 61.5 Å². The summed E-state index contributed by atoms with van der Waals surface area (Å²) in [5.41, 5.74) is 2.97. The highest BCUT2D eigenvalue weighted by molar-refractivity contribution is 7.92. The van der Waals surface area contributed by atoms with Crippen LogP contribution in [0.4, 0.5) is 5.69 Å². The molecule has 2 amide bonds. The van der Waals surface area contributed by atoms with Crippen molar-refractivity contribution >= 4 is 27.5 Å². The van der Waals surface area contributed by atoms with E-state index < -0.39 is 28.5 Å². The molecule has 9 nitrogen and oxygen atoms in total. The number of carbonyl (C=O) groups is 2. The average molecular weight is 554 g/mol. The van der Waals surface area contributed by atoms with E-state index in [1.54, 1.807) is 12.1 Å². The molecule has 0 radical (unpaired) electrons. The Morgan fingerprint density at radius 1 is 0.897 bits per heavy atom. The predicted molar refractivity (Wildman–Crippen MR) is 151 cm³/mol. The third kappa shape index (κ3) is 7.73. The van der Waals surface area contributed by atoms with Crippen LogP contribution in [-0.2, 0) is 32.6 Å². The Morgan fingerprint density at radius 2 is 1.54 bits per heavy atom.